The van der Waals surface area contributed by atoms with Gasteiger partial charge in [-0.3, -0.25) is 9.59 Å². The lowest BCUT2D eigenvalue weighted by molar-refractivity contribution is -0.143. The number of hydrogen-bond acceptors (Lipinski definition) is 4. The van der Waals surface area contributed by atoms with Crippen LogP contribution in [0.5, 0.6) is 11.6 Å². The van der Waals surface area contributed by atoms with E-state index in [1.165, 1.54) is 6.20 Å². The van der Waals surface area contributed by atoms with Gasteiger partial charge in [-0.15, -0.1) is 0 Å². The number of aromatic nitrogens is 1. The molecule has 3 rings (SSSR count). The second kappa shape index (κ2) is 7.12. The molecule has 1 aliphatic heterocycles. The van der Waals surface area contributed by atoms with Crippen LogP contribution in [0, 0.1) is 5.92 Å². The number of carbonyl (C=O) groups is 2. The maximum absolute atomic E-state index is 12.5. The lowest BCUT2D eigenvalue weighted by atomic mass is 9.98. The highest BCUT2D eigenvalue weighted by atomic mass is 16.5. The Balaban J connectivity index is 1.66. The van der Waals surface area contributed by atoms with Crippen molar-refractivity contribution >= 4 is 11.9 Å². The van der Waals surface area contributed by atoms with E-state index in [1.54, 1.807) is 17.0 Å². The van der Waals surface area contributed by atoms with Crippen molar-refractivity contribution in [3.05, 3.63) is 54.2 Å². The van der Waals surface area contributed by atoms with Crippen LogP contribution in [0.1, 0.15) is 23.2 Å². The summed E-state index contributed by atoms with van der Waals surface area (Å²) in [7, 11) is 0. The predicted octanol–water partition coefficient (Wildman–Crippen LogP) is 2.81. The van der Waals surface area contributed by atoms with Gasteiger partial charge in [0.25, 0.3) is 5.91 Å². The van der Waals surface area contributed by atoms with Crippen LogP contribution in [0.15, 0.2) is 48.7 Å². The number of amides is 1. The Bertz CT molecular complexity index is 716. The molecule has 0 aliphatic carbocycles. The van der Waals surface area contributed by atoms with E-state index >= 15 is 0 Å². The third-order valence-corrected chi connectivity index (χ3v) is 4.01. The van der Waals surface area contributed by atoms with Crippen LogP contribution in [0.3, 0.4) is 0 Å². The first-order chi connectivity index (χ1) is 11.6. The minimum atomic E-state index is -0.850. The molecule has 1 fully saturated rings. The minimum absolute atomic E-state index is 0.195. The minimum Gasteiger partial charge on any atom is -0.481 e. The van der Waals surface area contributed by atoms with Gasteiger partial charge >= 0.3 is 5.97 Å². The smallest absolute Gasteiger partial charge is 0.308 e. The third-order valence-electron chi connectivity index (χ3n) is 4.01. The molecule has 1 N–H and O–H groups in total. The number of nitrogens with zero attached hydrogens (tertiary/aromatic N) is 2. The summed E-state index contributed by atoms with van der Waals surface area (Å²) >= 11 is 0. The quantitative estimate of drug-likeness (QED) is 0.934. The number of rotatable bonds is 4. The number of benzene rings is 1. The van der Waals surface area contributed by atoms with Crippen molar-refractivity contribution in [2.45, 2.75) is 12.8 Å². The van der Waals surface area contributed by atoms with E-state index in [4.69, 9.17) is 9.84 Å². The monoisotopic (exact) mass is 326 g/mol. The summed E-state index contributed by atoms with van der Waals surface area (Å²) < 4.78 is 5.59. The highest BCUT2D eigenvalue weighted by Gasteiger charge is 2.28. The molecule has 1 amide bonds. The highest BCUT2D eigenvalue weighted by molar-refractivity contribution is 5.94. The topological polar surface area (TPSA) is 79.7 Å². The highest BCUT2D eigenvalue weighted by Crippen LogP contribution is 2.21. The van der Waals surface area contributed by atoms with Gasteiger partial charge in [-0.1, -0.05) is 18.2 Å². The van der Waals surface area contributed by atoms with E-state index < -0.39 is 11.9 Å². The van der Waals surface area contributed by atoms with Crippen molar-refractivity contribution in [3.8, 4) is 11.6 Å². The normalized spacial score (nSPS) is 17.3. The molecule has 0 radical (unpaired) electrons. The van der Waals surface area contributed by atoms with E-state index in [1.807, 2.05) is 30.3 Å². The first-order valence-electron chi connectivity index (χ1n) is 7.84. The predicted molar refractivity (Wildman–Crippen MR) is 87.0 cm³/mol. The van der Waals surface area contributed by atoms with E-state index in [9.17, 15) is 9.59 Å². The van der Waals surface area contributed by atoms with Crippen molar-refractivity contribution in [1.82, 2.24) is 9.88 Å². The van der Waals surface area contributed by atoms with Crippen molar-refractivity contribution in [3.63, 3.8) is 0 Å². The van der Waals surface area contributed by atoms with Crippen LogP contribution in [0.4, 0.5) is 0 Å². The van der Waals surface area contributed by atoms with Gasteiger partial charge in [-0.2, -0.15) is 0 Å². The SMILES string of the molecule is O=C(O)[C@H]1CCCN(C(=O)c2ccc(Oc3ccccc3)nc2)C1. The second-order valence-electron chi connectivity index (χ2n) is 5.73. The molecule has 0 bridgehead atoms. The average molecular weight is 326 g/mol. The summed E-state index contributed by atoms with van der Waals surface area (Å²) in [6, 6.07) is 12.5. The van der Waals surface area contributed by atoms with Crippen molar-refractivity contribution < 1.29 is 19.4 Å². The molecule has 0 unspecified atom stereocenters. The van der Waals surface area contributed by atoms with Crippen LogP contribution in [0.25, 0.3) is 0 Å². The molecule has 24 heavy (non-hydrogen) atoms. The van der Waals surface area contributed by atoms with E-state index in [2.05, 4.69) is 4.98 Å². The van der Waals surface area contributed by atoms with Crippen LogP contribution >= 0.6 is 0 Å². The summed E-state index contributed by atoms with van der Waals surface area (Å²) in [5.41, 5.74) is 0.432. The Kier molecular flexibility index (Phi) is 4.74. The molecule has 2 aromatic rings. The van der Waals surface area contributed by atoms with E-state index in [-0.39, 0.29) is 12.5 Å². The number of para-hydroxylation sites is 1. The number of pyridine rings is 1. The number of carbonyl (C=O) groups excluding carboxylic acids is 1. The summed E-state index contributed by atoms with van der Waals surface area (Å²) in [5.74, 6) is -0.461. The Morgan fingerprint density at radius 2 is 1.96 bits per heavy atom. The third kappa shape index (κ3) is 3.71. The largest absolute Gasteiger partial charge is 0.481 e. The second-order valence-corrected chi connectivity index (χ2v) is 5.73. The van der Waals surface area contributed by atoms with Crippen LogP contribution < -0.4 is 4.74 Å². The molecule has 1 aromatic carbocycles. The number of carboxylic acids is 1. The Morgan fingerprint density at radius 1 is 1.17 bits per heavy atom. The van der Waals surface area contributed by atoms with Gasteiger partial charge in [0.05, 0.1) is 11.5 Å². The number of likely N-dealkylation sites (tertiary alicyclic amines) is 1. The lowest BCUT2D eigenvalue weighted by Crippen LogP contribution is -2.42. The number of hydrogen-bond donors (Lipinski definition) is 1. The molecule has 6 heteroatoms. The van der Waals surface area contributed by atoms with Crippen LogP contribution in [-0.2, 0) is 4.79 Å². The molecule has 1 atom stereocenters. The summed E-state index contributed by atoms with van der Waals surface area (Å²) in [5, 5.41) is 9.12. The standard InChI is InChI=1S/C18H18N2O4/c21-17(20-10-4-5-14(12-20)18(22)23)13-8-9-16(19-11-13)24-15-6-2-1-3-7-15/h1-3,6-9,11,14H,4-5,10,12H2,(H,22,23)/t14-/m0/s1. The van der Waals surface area contributed by atoms with Crippen LogP contribution in [0.2, 0.25) is 0 Å². The van der Waals surface area contributed by atoms with E-state index in [0.717, 1.165) is 0 Å². The molecule has 124 valence electrons. The average Bonchev–Trinajstić information content (AvgIpc) is 2.63. The van der Waals surface area contributed by atoms with Crippen molar-refractivity contribution in [1.29, 1.82) is 0 Å². The maximum Gasteiger partial charge on any atom is 0.308 e. The molecular weight excluding hydrogens is 308 g/mol. The lowest BCUT2D eigenvalue weighted by Gasteiger charge is -2.30. The first-order valence-corrected chi connectivity index (χ1v) is 7.84. The molecular formula is C18H18N2O4. The number of aliphatic carboxylic acids is 1. The molecule has 1 saturated heterocycles. The zero-order valence-electron chi connectivity index (χ0n) is 13.1. The van der Waals surface area contributed by atoms with Gasteiger partial charge in [-0.05, 0) is 31.0 Å². The summed E-state index contributed by atoms with van der Waals surface area (Å²) in [6.07, 6.45) is 2.78. The summed E-state index contributed by atoms with van der Waals surface area (Å²) in [6.45, 7) is 0.821. The number of ether oxygens (including phenoxy) is 1. The molecule has 1 aliphatic rings. The van der Waals surface area contributed by atoms with Crippen molar-refractivity contribution in [2.75, 3.05) is 13.1 Å². The first kappa shape index (κ1) is 16.0. The number of carboxylic acid groups (broad SMARTS) is 1. The van der Waals surface area contributed by atoms with Crippen LogP contribution in [-0.4, -0.2) is 40.0 Å². The fourth-order valence-electron chi connectivity index (χ4n) is 2.72. The molecule has 0 spiro atoms. The van der Waals surface area contributed by atoms with Gasteiger partial charge in [-0.25, -0.2) is 4.98 Å². The van der Waals surface area contributed by atoms with Gasteiger partial charge < -0.3 is 14.7 Å². The van der Waals surface area contributed by atoms with Gasteiger partial charge in [0.2, 0.25) is 5.88 Å². The number of piperidine rings is 1. The summed E-state index contributed by atoms with van der Waals surface area (Å²) in [4.78, 5) is 29.3. The molecule has 0 saturated carbocycles. The Morgan fingerprint density at radius 3 is 2.62 bits per heavy atom. The molecule has 1 aromatic heterocycles. The Labute approximate surface area is 139 Å². The zero-order valence-corrected chi connectivity index (χ0v) is 13.1. The maximum atomic E-state index is 12.5. The molecule has 6 nitrogen and oxygen atoms in total. The fourth-order valence-corrected chi connectivity index (χ4v) is 2.72. The van der Waals surface area contributed by atoms with Gasteiger partial charge in [0, 0.05) is 25.4 Å². The molecule has 2 heterocycles. The van der Waals surface area contributed by atoms with E-state index in [0.29, 0.717) is 36.6 Å². The zero-order chi connectivity index (χ0) is 16.9. The van der Waals surface area contributed by atoms with Crippen molar-refractivity contribution in [2.24, 2.45) is 5.92 Å². The van der Waals surface area contributed by atoms with Gasteiger partial charge in [0.15, 0.2) is 0 Å². The Hall–Kier alpha value is -2.89. The fraction of sp³-hybridized carbons (Fsp3) is 0.278. The van der Waals surface area contributed by atoms with Gasteiger partial charge in [0.1, 0.15) is 5.75 Å².